The summed E-state index contributed by atoms with van der Waals surface area (Å²) in [4.78, 5) is 15.2. The number of alkyl halides is 3. The van der Waals surface area contributed by atoms with Crippen LogP contribution in [0.1, 0.15) is 29.5 Å². The van der Waals surface area contributed by atoms with Crippen molar-refractivity contribution in [2.75, 3.05) is 18.0 Å². The number of aliphatic hydroxyl groups excluding tert-OH is 1. The molecule has 5 nitrogen and oxygen atoms in total. The molecule has 1 atom stereocenters. The molecule has 0 spiro atoms. The Kier molecular flexibility index (Phi) is 5.56. The Morgan fingerprint density at radius 3 is 2.55 bits per heavy atom. The predicted molar refractivity (Wildman–Crippen MR) is 123 cm³/mol. The maximum atomic E-state index is 14.0. The largest absolute Gasteiger partial charge is 0.418 e. The molecular formula is C24H21BrF3N3O2. The molecule has 2 heterocycles. The number of nitrogens with zero attached hydrogens (tertiary/aromatic N) is 3. The van der Waals surface area contributed by atoms with Gasteiger partial charge in [-0.2, -0.15) is 23.0 Å². The molecule has 1 aromatic heterocycles. The Morgan fingerprint density at radius 2 is 1.85 bits per heavy atom. The monoisotopic (exact) mass is 519 g/mol. The lowest BCUT2D eigenvalue weighted by Gasteiger charge is -2.22. The Labute approximate surface area is 196 Å². The molecule has 1 fully saturated rings. The maximum Gasteiger partial charge on any atom is 0.418 e. The third kappa shape index (κ3) is 3.97. The third-order valence-corrected chi connectivity index (χ3v) is 7.02. The Bertz CT molecular complexity index is 1290. The van der Waals surface area contributed by atoms with Crippen LogP contribution in [0.3, 0.4) is 0 Å². The number of hydrogen-bond donors (Lipinski definition) is 1. The summed E-state index contributed by atoms with van der Waals surface area (Å²) in [6, 6.07) is 11.1. The van der Waals surface area contributed by atoms with E-state index in [1.165, 1.54) is 12.1 Å². The van der Waals surface area contributed by atoms with Crippen LogP contribution in [0.2, 0.25) is 0 Å². The number of halogens is 4. The first kappa shape index (κ1) is 22.2. The number of rotatable bonds is 3. The van der Waals surface area contributed by atoms with Crippen molar-refractivity contribution in [3.8, 4) is 16.9 Å². The van der Waals surface area contributed by atoms with E-state index >= 15 is 0 Å². The van der Waals surface area contributed by atoms with Crippen molar-refractivity contribution < 1.29 is 18.3 Å². The highest BCUT2D eigenvalue weighted by molar-refractivity contribution is 9.10. The number of benzene rings is 2. The fraction of sp³-hybridized carbons (Fsp3) is 0.333. The number of aliphatic hydroxyl groups is 1. The fourth-order valence-electron chi connectivity index (χ4n) is 4.72. The van der Waals surface area contributed by atoms with Gasteiger partial charge in [-0.15, -0.1) is 0 Å². The molecule has 1 aliphatic heterocycles. The summed E-state index contributed by atoms with van der Waals surface area (Å²) in [6.45, 7) is 0.861. The molecule has 0 radical (unpaired) electrons. The molecule has 172 valence electrons. The van der Waals surface area contributed by atoms with E-state index in [-0.39, 0.29) is 5.69 Å². The molecule has 1 N–H and O–H groups in total. The number of hydrogen-bond acceptors (Lipinski definition) is 4. The van der Waals surface area contributed by atoms with E-state index in [1.807, 2.05) is 29.2 Å². The first-order valence-electron chi connectivity index (χ1n) is 10.8. The molecule has 1 saturated heterocycles. The van der Waals surface area contributed by atoms with Crippen LogP contribution in [-0.4, -0.2) is 34.1 Å². The van der Waals surface area contributed by atoms with Crippen LogP contribution in [0, 0.1) is 0 Å². The van der Waals surface area contributed by atoms with E-state index < -0.39 is 23.4 Å². The smallest absolute Gasteiger partial charge is 0.391 e. The minimum atomic E-state index is -4.66. The number of β-amino-alcohol motifs (C(OH)–C–C–N with tert-alkyl or cyclic N) is 1. The molecule has 2 aliphatic rings. The Balaban J connectivity index is 1.76. The van der Waals surface area contributed by atoms with Gasteiger partial charge in [-0.3, -0.25) is 4.79 Å². The van der Waals surface area contributed by atoms with Gasteiger partial charge < -0.3 is 10.0 Å². The second-order valence-electron chi connectivity index (χ2n) is 8.44. The maximum absolute atomic E-state index is 14.0. The normalized spacial score (nSPS) is 18.1. The van der Waals surface area contributed by atoms with Crippen molar-refractivity contribution in [1.82, 2.24) is 9.78 Å². The SMILES string of the molecule is O=c1c2c(c(-c3ccccc3Br)nn1-c1cc(N3CCC(O)C3)ccc1C(F)(F)F)CCC2. The van der Waals surface area contributed by atoms with E-state index in [0.29, 0.717) is 49.3 Å². The van der Waals surface area contributed by atoms with Crippen LogP contribution < -0.4 is 10.5 Å². The van der Waals surface area contributed by atoms with Gasteiger partial charge in [-0.05, 0) is 55.5 Å². The molecule has 3 aromatic rings. The standard InChI is InChI=1S/C24H21BrF3N3O2/c25-20-7-2-1-4-18(20)22-16-5-3-6-17(16)23(33)31(29-22)21-12-14(30-11-10-15(32)13-30)8-9-19(21)24(26,27)28/h1-2,4,7-9,12,15,32H,3,5-6,10-11,13H2. The van der Waals surface area contributed by atoms with Crippen molar-refractivity contribution in [2.45, 2.75) is 38.0 Å². The summed E-state index contributed by atoms with van der Waals surface area (Å²) in [5, 5.41) is 14.4. The van der Waals surface area contributed by atoms with Gasteiger partial charge in [-0.25, -0.2) is 0 Å². The zero-order chi connectivity index (χ0) is 23.3. The van der Waals surface area contributed by atoms with Crippen LogP contribution in [0.5, 0.6) is 0 Å². The molecule has 1 unspecified atom stereocenters. The molecule has 0 bridgehead atoms. The Morgan fingerprint density at radius 1 is 1.09 bits per heavy atom. The quantitative estimate of drug-likeness (QED) is 0.542. The van der Waals surface area contributed by atoms with E-state index in [9.17, 15) is 23.1 Å². The van der Waals surface area contributed by atoms with Gasteiger partial charge in [-0.1, -0.05) is 34.1 Å². The zero-order valence-electron chi connectivity index (χ0n) is 17.6. The van der Waals surface area contributed by atoms with E-state index in [1.54, 1.807) is 0 Å². The van der Waals surface area contributed by atoms with Gasteiger partial charge in [0.25, 0.3) is 5.56 Å². The van der Waals surface area contributed by atoms with Crippen molar-refractivity contribution in [3.05, 3.63) is 74.0 Å². The molecule has 0 saturated carbocycles. The molecule has 1 aliphatic carbocycles. The summed E-state index contributed by atoms with van der Waals surface area (Å²) >= 11 is 3.51. The zero-order valence-corrected chi connectivity index (χ0v) is 19.2. The lowest BCUT2D eigenvalue weighted by Crippen LogP contribution is -2.29. The number of aromatic nitrogens is 2. The van der Waals surface area contributed by atoms with E-state index in [0.717, 1.165) is 32.8 Å². The van der Waals surface area contributed by atoms with Crippen LogP contribution in [0.4, 0.5) is 18.9 Å². The molecule has 33 heavy (non-hydrogen) atoms. The molecule has 0 amide bonds. The Hall–Kier alpha value is -2.65. The minimum Gasteiger partial charge on any atom is -0.391 e. The highest BCUT2D eigenvalue weighted by atomic mass is 79.9. The van der Waals surface area contributed by atoms with Crippen LogP contribution in [-0.2, 0) is 19.0 Å². The average molecular weight is 520 g/mol. The second-order valence-corrected chi connectivity index (χ2v) is 9.30. The molecule has 9 heteroatoms. The topological polar surface area (TPSA) is 58.4 Å². The number of anilines is 1. The summed E-state index contributed by atoms with van der Waals surface area (Å²) in [5.74, 6) is 0. The lowest BCUT2D eigenvalue weighted by molar-refractivity contribution is -0.137. The van der Waals surface area contributed by atoms with E-state index in [4.69, 9.17) is 0 Å². The highest BCUT2D eigenvalue weighted by Gasteiger charge is 2.36. The molecule has 5 rings (SSSR count). The lowest BCUT2D eigenvalue weighted by atomic mass is 10.0. The minimum absolute atomic E-state index is 0.297. The van der Waals surface area contributed by atoms with Gasteiger partial charge in [0.15, 0.2) is 0 Å². The average Bonchev–Trinajstić information content (AvgIpc) is 3.43. The number of fused-ring (bicyclic) bond motifs is 1. The first-order chi connectivity index (χ1) is 15.7. The van der Waals surface area contributed by atoms with Crippen molar-refractivity contribution >= 4 is 21.6 Å². The second kappa shape index (κ2) is 8.29. The summed E-state index contributed by atoms with van der Waals surface area (Å²) < 4.78 is 43.7. The predicted octanol–water partition coefficient (Wildman–Crippen LogP) is 4.74. The van der Waals surface area contributed by atoms with Gasteiger partial charge in [0, 0.05) is 34.4 Å². The summed E-state index contributed by atoms with van der Waals surface area (Å²) in [7, 11) is 0. The summed E-state index contributed by atoms with van der Waals surface area (Å²) in [6.07, 6.45) is -2.73. The molecular weight excluding hydrogens is 499 g/mol. The van der Waals surface area contributed by atoms with Crippen molar-refractivity contribution in [2.24, 2.45) is 0 Å². The van der Waals surface area contributed by atoms with Crippen LogP contribution in [0.25, 0.3) is 16.9 Å². The van der Waals surface area contributed by atoms with E-state index in [2.05, 4.69) is 21.0 Å². The van der Waals surface area contributed by atoms with Crippen LogP contribution >= 0.6 is 15.9 Å². The summed E-state index contributed by atoms with van der Waals surface area (Å²) in [5.41, 5.74) is 1.36. The van der Waals surface area contributed by atoms with Gasteiger partial charge in [0.05, 0.1) is 23.0 Å². The molecule has 2 aromatic carbocycles. The van der Waals surface area contributed by atoms with Crippen molar-refractivity contribution in [3.63, 3.8) is 0 Å². The first-order valence-corrected chi connectivity index (χ1v) is 11.6. The van der Waals surface area contributed by atoms with Gasteiger partial charge in [0.1, 0.15) is 0 Å². The van der Waals surface area contributed by atoms with Crippen LogP contribution in [0.15, 0.2) is 51.7 Å². The highest BCUT2D eigenvalue weighted by Crippen LogP contribution is 2.38. The van der Waals surface area contributed by atoms with Gasteiger partial charge >= 0.3 is 6.18 Å². The fourth-order valence-corrected chi connectivity index (χ4v) is 5.19. The third-order valence-electron chi connectivity index (χ3n) is 6.33. The van der Waals surface area contributed by atoms with Gasteiger partial charge in [0.2, 0.25) is 0 Å². The van der Waals surface area contributed by atoms with Crippen molar-refractivity contribution in [1.29, 1.82) is 0 Å².